The molecule has 0 saturated heterocycles. The van der Waals surface area contributed by atoms with E-state index < -0.39 is 23.5 Å². The zero-order chi connectivity index (χ0) is 13.1. The van der Waals surface area contributed by atoms with Crippen LogP contribution in [0, 0.1) is 0 Å². The molecule has 0 aromatic heterocycles. The lowest BCUT2D eigenvalue weighted by Crippen LogP contribution is -2.22. The largest absolute Gasteiger partial charge is 0.478 e. The first-order chi connectivity index (χ1) is 7.80. The maximum Gasteiger partial charge on any atom is 0.454 e. The van der Waals surface area contributed by atoms with E-state index >= 15 is 0 Å². The minimum Gasteiger partial charge on any atom is -0.478 e. The normalized spacial score (nSPS) is 11.7. The Bertz CT molecular complexity index is 475. The fourth-order valence-corrected chi connectivity index (χ4v) is 1.11. The lowest BCUT2D eigenvalue weighted by Gasteiger charge is -2.05. The molecule has 0 saturated carbocycles. The Hall–Kier alpha value is -2.11. The van der Waals surface area contributed by atoms with Gasteiger partial charge in [0.2, 0.25) is 0 Å². The van der Waals surface area contributed by atoms with E-state index in [4.69, 9.17) is 5.11 Å². The summed E-state index contributed by atoms with van der Waals surface area (Å²) in [7, 11) is 0. The van der Waals surface area contributed by atoms with E-state index in [-0.39, 0.29) is 5.56 Å². The second-order valence-electron chi connectivity index (χ2n) is 3.12. The van der Waals surface area contributed by atoms with E-state index in [1.54, 1.807) is 0 Å². The van der Waals surface area contributed by atoms with Crippen molar-refractivity contribution in [2.24, 2.45) is 0 Å². The van der Waals surface area contributed by atoms with Crippen LogP contribution in [0.1, 0.15) is 15.9 Å². The van der Waals surface area contributed by atoms with Gasteiger partial charge >= 0.3 is 12.1 Å². The first-order valence-electron chi connectivity index (χ1n) is 4.43. The van der Waals surface area contributed by atoms with Crippen molar-refractivity contribution in [3.8, 4) is 0 Å². The molecule has 0 bridgehead atoms. The van der Waals surface area contributed by atoms with Crippen molar-refractivity contribution in [2.45, 2.75) is 6.18 Å². The highest BCUT2D eigenvalue weighted by Crippen LogP contribution is 2.22. The Morgan fingerprint density at radius 2 is 1.88 bits per heavy atom. The molecule has 0 aliphatic heterocycles. The number of carbonyl (C=O) groups excluding carboxylic acids is 1. The third-order valence-corrected chi connectivity index (χ3v) is 1.82. The van der Waals surface area contributed by atoms with Crippen molar-refractivity contribution in [3.63, 3.8) is 0 Å². The zero-order valence-corrected chi connectivity index (χ0v) is 8.36. The predicted molar refractivity (Wildman–Crippen MR) is 53.5 cm³/mol. The van der Waals surface area contributed by atoms with Gasteiger partial charge in [-0.15, -0.1) is 0 Å². The number of ketones is 1. The fourth-order valence-electron chi connectivity index (χ4n) is 1.11. The summed E-state index contributed by atoms with van der Waals surface area (Å²) < 4.78 is 36.4. The van der Waals surface area contributed by atoms with Crippen molar-refractivity contribution >= 4 is 17.8 Å². The van der Waals surface area contributed by atoms with E-state index in [0.29, 0.717) is 0 Å². The molecule has 17 heavy (non-hydrogen) atoms. The van der Waals surface area contributed by atoms with E-state index in [9.17, 15) is 22.8 Å². The van der Waals surface area contributed by atoms with Crippen LogP contribution in [-0.4, -0.2) is 23.0 Å². The van der Waals surface area contributed by atoms with Crippen LogP contribution in [0.3, 0.4) is 0 Å². The van der Waals surface area contributed by atoms with Crippen LogP contribution in [0.15, 0.2) is 30.3 Å². The highest BCUT2D eigenvalue weighted by molar-refractivity contribution is 6.00. The number of alkyl halides is 3. The van der Waals surface area contributed by atoms with Gasteiger partial charge in [0.15, 0.2) is 0 Å². The van der Waals surface area contributed by atoms with Crippen LogP contribution in [-0.2, 0) is 4.79 Å². The smallest absolute Gasteiger partial charge is 0.454 e. The molecule has 0 heterocycles. The van der Waals surface area contributed by atoms with E-state index in [1.807, 2.05) is 0 Å². The number of rotatable bonds is 3. The minimum absolute atomic E-state index is 0.211. The van der Waals surface area contributed by atoms with E-state index in [2.05, 4.69) is 0 Å². The third kappa shape index (κ3) is 3.75. The van der Waals surface area contributed by atoms with Crippen LogP contribution < -0.4 is 0 Å². The van der Waals surface area contributed by atoms with Gasteiger partial charge < -0.3 is 5.11 Å². The first kappa shape index (κ1) is 13.0. The molecule has 0 fully saturated rings. The Kier molecular flexibility index (Phi) is 3.67. The number of hydrogen-bond acceptors (Lipinski definition) is 2. The molecule has 0 atom stereocenters. The summed E-state index contributed by atoms with van der Waals surface area (Å²) >= 11 is 0. The van der Waals surface area contributed by atoms with Crippen LogP contribution >= 0.6 is 0 Å². The molecule has 0 amide bonds. The van der Waals surface area contributed by atoms with Gasteiger partial charge in [-0.25, -0.2) is 4.79 Å². The SMILES string of the molecule is O=C(O)C=Cc1cccc(C(=O)C(F)(F)F)c1. The monoisotopic (exact) mass is 244 g/mol. The molecule has 1 rings (SSSR count). The summed E-state index contributed by atoms with van der Waals surface area (Å²) in [5.74, 6) is -3.18. The second-order valence-corrected chi connectivity index (χ2v) is 3.12. The average Bonchev–Trinajstić information content (AvgIpc) is 2.24. The quantitative estimate of drug-likeness (QED) is 0.656. The molecule has 1 N–H and O–H groups in total. The Labute approximate surface area is 94.2 Å². The molecule has 0 spiro atoms. The molecule has 0 unspecified atom stereocenters. The molecule has 1 aromatic carbocycles. The number of hydrogen-bond donors (Lipinski definition) is 1. The number of benzene rings is 1. The molecular weight excluding hydrogens is 237 g/mol. The van der Waals surface area contributed by atoms with Gasteiger partial charge in [0, 0.05) is 11.6 Å². The van der Waals surface area contributed by atoms with Gasteiger partial charge in [0.25, 0.3) is 5.78 Å². The summed E-state index contributed by atoms with van der Waals surface area (Å²) in [5, 5.41) is 8.35. The minimum atomic E-state index is -4.94. The zero-order valence-electron chi connectivity index (χ0n) is 8.36. The number of carbonyl (C=O) groups is 2. The highest BCUT2D eigenvalue weighted by Gasteiger charge is 2.39. The lowest BCUT2D eigenvalue weighted by atomic mass is 10.1. The van der Waals surface area contributed by atoms with E-state index in [1.165, 1.54) is 12.1 Å². The number of carboxylic acids is 1. The second kappa shape index (κ2) is 4.82. The number of Topliss-reactive ketones (excluding diaryl/α,β-unsaturated/α-hetero) is 1. The van der Waals surface area contributed by atoms with Crippen molar-refractivity contribution in [1.82, 2.24) is 0 Å². The summed E-state index contributed by atoms with van der Waals surface area (Å²) in [6.07, 6.45) is -3.05. The van der Waals surface area contributed by atoms with Gasteiger partial charge in [-0.3, -0.25) is 4.79 Å². The summed E-state index contributed by atoms with van der Waals surface area (Å²) in [6, 6.07) is 4.65. The highest BCUT2D eigenvalue weighted by atomic mass is 19.4. The average molecular weight is 244 g/mol. The molecule has 0 radical (unpaired) electrons. The lowest BCUT2D eigenvalue weighted by molar-refractivity contribution is -0.131. The Balaban J connectivity index is 3.02. The van der Waals surface area contributed by atoms with Crippen LogP contribution in [0.25, 0.3) is 6.08 Å². The molecule has 1 aromatic rings. The topological polar surface area (TPSA) is 54.4 Å². The fraction of sp³-hybridized carbons (Fsp3) is 0.0909. The summed E-state index contributed by atoms with van der Waals surface area (Å²) in [5.41, 5.74) is -0.312. The van der Waals surface area contributed by atoms with E-state index in [0.717, 1.165) is 24.3 Å². The third-order valence-electron chi connectivity index (χ3n) is 1.82. The first-order valence-corrected chi connectivity index (χ1v) is 4.43. The van der Waals surface area contributed by atoms with Crippen molar-refractivity contribution in [3.05, 3.63) is 41.5 Å². The van der Waals surface area contributed by atoms with Crippen molar-refractivity contribution in [2.75, 3.05) is 0 Å². The van der Waals surface area contributed by atoms with Gasteiger partial charge in [0.1, 0.15) is 0 Å². The molecule has 0 aliphatic rings. The van der Waals surface area contributed by atoms with Crippen molar-refractivity contribution in [1.29, 1.82) is 0 Å². The molecule has 90 valence electrons. The number of carboxylic acid groups (broad SMARTS) is 1. The maximum absolute atomic E-state index is 12.1. The van der Waals surface area contributed by atoms with Crippen molar-refractivity contribution < 1.29 is 27.9 Å². The summed E-state index contributed by atoms with van der Waals surface area (Å²) in [4.78, 5) is 21.1. The maximum atomic E-state index is 12.1. The molecule has 3 nitrogen and oxygen atoms in total. The number of halogens is 3. The molecule has 6 heteroatoms. The van der Waals surface area contributed by atoms with Crippen LogP contribution in [0.5, 0.6) is 0 Å². The van der Waals surface area contributed by atoms with Crippen LogP contribution in [0.4, 0.5) is 13.2 Å². The number of aliphatic carboxylic acids is 1. The van der Waals surface area contributed by atoms with Gasteiger partial charge in [0.05, 0.1) is 0 Å². The molecular formula is C11H7F3O3. The standard InChI is InChI=1S/C11H7F3O3/c12-11(13,14)10(17)8-3-1-2-7(6-8)4-5-9(15)16/h1-6H,(H,15,16). The Morgan fingerprint density at radius 3 is 2.41 bits per heavy atom. The van der Waals surface area contributed by atoms with Gasteiger partial charge in [-0.1, -0.05) is 18.2 Å². The molecule has 0 aliphatic carbocycles. The predicted octanol–water partition coefficient (Wildman–Crippen LogP) is 2.53. The van der Waals surface area contributed by atoms with Crippen LogP contribution in [0.2, 0.25) is 0 Å². The Morgan fingerprint density at radius 1 is 1.24 bits per heavy atom. The van der Waals surface area contributed by atoms with Gasteiger partial charge in [-0.05, 0) is 17.7 Å². The summed E-state index contributed by atoms with van der Waals surface area (Å²) in [6.45, 7) is 0. The van der Waals surface area contributed by atoms with Gasteiger partial charge in [-0.2, -0.15) is 13.2 Å².